The monoisotopic (exact) mass is 314 g/mol. The molecule has 0 amide bonds. The van der Waals surface area contributed by atoms with Crippen LogP contribution in [0.3, 0.4) is 0 Å². The van der Waals surface area contributed by atoms with Crippen molar-refractivity contribution in [2.24, 2.45) is 5.73 Å². The zero-order chi connectivity index (χ0) is 13.2. The lowest BCUT2D eigenvalue weighted by atomic mass is 10.1. The third-order valence-corrected chi connectivity index (χ3v) is 3.87. The van der Waals surface area contributed by atoms with E-state index in [1.165, 1.54) is 22.0 Å². The van der Waals surface area contributed by atoms with E-state index in [-0.39, 0.29) is 0 Å². The summed E-state index contributed by atoms with van der Waals surface area (Å²) in [5.41, 5.74) is 9.42. The molecule has 2 aromatic carbocycles. The van der Waals surface area contributed by atoms with Gasteiger partial charge in [-0.25, -0.2) is 0 Å². The van der Waals surface area contributed by atoms with Crippen LogP contribution in [0.2, 0.25) is 0 Å². The molecule has 0 aliphatic heterocycles. The molecule has 0 aliphatic carbocycles. The fourth-order valence-electron chi connectivity index (χ4n) is 2.28. The lowest BCUT2D eigenvalue weighted by Crippen LogP contribution is -1.99. The highest BCUT2D eigenvalue weighted by Crippen LogP contribution is 2.19. The molecule has 3 heteroatoms. The topological polar surface area (TPSA) is 30.9 Å². The maximum Gasteiger partial charge on any atom is 0.0486 e. The van der Waals surface area contributed by atoms with Crippen molar-refractivity contribution in [1.29, 1.82) is 0 Å². The molecule has 0 aliphatic rings. The van der Waals surface area contributed by atoms with E-state index in [2.05, 4.69) is 75.2 Å². The summed E-state index contributed by atoms with van der Waals surface area (Å²) >= 11 is 3.46. The van der Waals surface area contributed by atoms with Crippen molar-refractivity contribution in [3.63, 3.8) is 0 Å². The van der Waals surface area contributed by atoms with E-state index in [0.29, 0.717) is 6.54 Å². The molecular weight excluding hydrogens is 300 g/mol. The van der Waals surface area contributed by atoms with Gasteiger partial charge in [-0.3, -0.25) is 0 Å². The van der Waals surface area contributed by atoms with Gasteiger partial charge in [-0.1, -0.05) is 40.2 Å². The van der Waals surface area contributed by atoms with Crippen LogP contribution in [0.4, 0.5) is 0 Å². The Balaban J connectivity index is 1.98. The van der Waals surface area contributed by atoms with E-state index < -0.39 is 0 Å². The molecule has 19 heavy (non-hydrogen) atoms. The van der Waals surface area contributed by atoms with Gasteiger partial charge in [0.2, 0.25) is 0 Å². The number of aromatic nitrogens is 1. The Labute approximate surface area is 121 Å². The number of nitrogens with two attached hydrogens (primary N) is 1. The van der Waals surface area contributed by atoms with Crippen LogP contribution >= 0.6 is 15.9 Å². The summed E-state index contributed by atoms with van der Waals surface area (Å²) in [6.45, 7) is 1.46. The van der Waals surface area contributed by atoms with Gasteiger partial charge in [0.05, 0.1) is 0 Å². The fourth-order valence-corrected chi connectivity index (χ4v) is 2.55. The number of nitrogens with zero attached hydrogens (tertiary/aromatic N) is 1. The van der Waals surface area contributed by atoms with E-state index in [9.17, 15) is 0 Å². The number of fused-ring (bicyclic) bond motifs is 1. The van der Waals surface area contributed by atoms with E-state index in [0.717, 1.165) is 11.0 Å². The largest absolute Gasteiger partial charge is 0.343 e. The highest BCUT2D eigenvalue weighted by molar-refractivity contribution is 9.10. The summed E-state index contributed by atoms with van der Waals surface area (Å²) in [4.78, 5) is 0. The average Bonchev–Trinajstić information content (AvgIpc) is 2.84. The van der Waals surface area contributed by atoms with Gasteiger partial charge in [0, 0.05) is 29.3 Å². The number of rotatable bonds is 3. The predicted octanol–water partition coefficient (Wildman–Crippen LogP) is 3.91. The second kappa shape index (κ2) is 5.19. The molecule has 0 unspecified atom stereocenters. The lowest BCUT2D eigenvalue weighted by molar-refractivity contribution is 0.835. The SMILES string of the molecule is NCc1ccc2ccn(Cc3ccc(Br)cc3)c2c1. The normalized spacial score (nSPS) is 11.1. The van der Waals surface area contributed by atoms with E-state index in [4.69, 9.17) is 5.73 Å². The Kier molecular flexibility index (Phi) is 3.40. The maximum absolute atomic E-state index is 5.71. The summed E-state index contributed by atoms with van der Waals surface area (Å²) in [5, 5.41) is 1.26. The number of hydrogen-bond acceptors (Lipinski definition) is 1. The first kappa shape index (κ1) is 12.5. The van der Waals surface area contributed by atoms with Crippen molar-refractivity contribution in [1.82, 2.24) is 4.57 Å². The number of halogens is 1. The van der Waals surface area contributed by atoms with Crippen molar-refractivity contribution in [3.8, 4) is 0 Å². The molecule has 1 aromatic heterocycles. The summed E-state index contributed by atoms with van der Waals surface area (Å²) in [5.74, 6) is 0. The first-order chi connectivity index (χ1) is 9.26. The van der Waals surface area contributed by atoms with Gasteiger partial charge in [-0.15, -0.1) is 0 Å². The number of hydrogen-bond donors (Lipinski definition) is 1. The van der Waals surface area contributed by atoms with Crippen LogP contribution in [0.1, 0.15) is 11.1 Å². The molecule has 96 valence electrons. The minimum atomic E-state index is 0.583. The summed E-state index contributed by atoms with van der Waals surface area (Å²) in [7, 11) is 0. The van der Waals surface area contributed by atoms with Crippen molar-refractivity contribution in [2.75, 3.05) is 0 Å². The second-order valence-electron chi connectivity index (χ2n) is 4.67. The van der Waals surface area contributed by atoms with Gasteiger partial charge < -0.3 is 10.3 Å². The van der Waals surface area contributed by atoms with Gasteiger partial charge in [0.25, 0.3) is 0 Å². The molecule has 2 N–H and O–H groups in total. The molecule has 2 nitrogen and oxygen atoms in total. The highest BCUT2D eigenvalue weighted by atomic mass is 79.9. The van der Waals surface area contributed by atoms with Crippen molar-refractivity contribution in [2.45, 2.75) is 13.1 Å². The Morgan fingerprint density at radius 2 is 1.68 bits per heavy atom. The first-order valence-corrected chi connectivity index (χ1v) is 7.08. The van der Waals surface area contributed by atoms with Crippen molar-refractivity contribution in [3.05, 3.63) is 70.3 Å². The lowest BCUT2D eigenvalue weighted by Gasteiger charge is -2.07. The molecule has 1 heterocycles. The van der Waals surface area contributed by atoms with Crippen LogP contribution < -0.4 is 5.73 Å². The zero-order valence-electron chi connectivity index (χ0n) is 10.5. The van der Waals surface area contributed by atoms with E-state index in [1.54, 1.807) is 0 Å². The minimum Gasteiger partial charge on any atom is -0.343 e. The fraction of sp³-hybridized carbons (Fsp3) is 0.125. The minimum absolute atomic E-state index is 0.583. The second-order valence-corrected chi connectivity index (χ2v) is 5.58. The molecule has 0 radical (unpaired) electrons. The molecule has 3 rings (SSSR count). The Morgan fingerprint density at radius 1 is 0.947 bits per heavy atom. The maximum atomic E-state index is 5.71. The molecule has 0 bridgehead atoms. The van der Waals surface area contributed by atoms with Crippen LogP contribution in [0.15, 0.2) is 59.2 Å². The Bertz CT molecular complexity index is 698. The van der Waals surface area contributed by atoms with Crippen molar-refractivity contribution >= 4 is 26.8 Å². The van der Waals surface area contributed by atoms with Crippen LogP contribution in [0.25, 0.3) is 10.9 Å². The number of benzene rings is 2. The molecule has 0 atom stereocenters. The summed E-state index contributed by atoms with van der Waals surface area (Å²) in [6, 6.07) is 17.0. The molecule has 0 saturated heterocycles. The summed E-state index contributed by atoms with van der Waals surface area (Å²) in [6.07, 6.45) is 2.13. The molecule has 0 fully saturated rings. The Hall–Kier alpha value is -1.58. The standard InChI is InChI=1S/C16H15BrN2/c17-15-5-2-12(3-6-15)11-19-8-7-14-4-1-13(10-18)9-16(14)19/h1-9H,10-11,18H2. The van der Waals surface area contributed by atoms with E-state index >= 15 is 0 Å². The predicted molar refractivity (Wildman–Crippen MR) is 83.1 cm³/mol. The van der Waals surface area contributed by atoms with Crippen LogP contribution in [-0.2, 0) is 13.1 Å². The van der Waals surface area contributed by atoms with Gasteiger partial charge in [-0.05, 0) is 40.8 Å². The van der Waals surface area contributed by atoms with Gasteiger partial charge in [-0.2, -0.15) is 0 Å². The Morgan fingerprint density at radius 3 is 2.42 bits per heavy atom. The molecule has 3 aromatic rings. The molecule has 0 saturated carbocycles. The van der Waals surface area contributed by atoms with Crippen LogP contribution in [-0.4, -0.2) is 4.57 Å². The smallest absolute Gasteiger partial charge is 0.0486 e. The van der Waals surface area contributed by atoms with Gasteiger partial charge in [0.15, 0.2) is 0 Å². The average molecular weight is 315 g/mol. The third-order valence-electron chi connectivity index (χ3n) is 3.34. The first-order valence-electron chi connectivity index (χ1n) is 6.28. The van der Waals surface area contributed by atoms with Gasteiger partial charge in [0.1, 0.15) is 0 Å². The highest BCUT2D eigenvalue weighted by Gasteiger charge is 2.03. The summed E-state index contributed by atoms with van der Waals surface area (Å²) < 4.78 is 3.37. The third kappa shape index (κ3) is 2.57. The molecular formula is C16H15BrN2. The molecule has 0 spiro atoms. The zero-order valence-corrected chi connectivity index (χ0v) is 12.1. The van der Waals surface area contributed by atoms with Gasteiger partial charge >= 0.3 is 0 Å². The van der Waals surface area contributed by atoms with Crippen molar-refractivity contribution < 1.29 is 0 Å². The van der Waals surface area contributed by atoms with E-state index in [1.807, 2.05) is 0 Å². The van der Waals surface area contributed by atoms with Crippen LogP contribution in [0, 0.1) is 0 Å². The quantitative estimate of drug-likeness (QED) is 0.780. The van der Waals surface area contributed by atoms with Crippen LogP contribution in [0.5, 0.6) is 0 Å².